The molecule has 28 heavy (non-hydrogen) atoms. The minimum Gasteiger partial charge on any atom is -0.462 e. The zero-order valence-electron chi connectivity index (χ0n) is 15.4. The van der Waals surface area contributed by atoms with Crippen molar-refractivity contribution in [3.63, 3.8) is 0 Å². The summed E-state index contributed by atoms with van der Waals surface area (Å²) in [6.45, 7) is 3.47. The van der Waals surface area contributed by atoms with Crippen LogP contribution >= 0.6 is 15.9 Å². The molecule has 2 aromatic heterocycles. The van der Waals surface area contributed by atoms with E-state index in [9.17, 15) is 14.4 Å². The quantitative estimate of drug-likeness (QED) is 0.610. The van der Waals surface area contributed by atoms with Gasteiger partial charge < -0.3 is 14.6 Å². The van der Waals surface area contributed by atoms with Gasteiger partial charge in [-0.25, -0.2) is 9.78 Å². The number of nitrogens with zero attached hydrogens (tertiary/aromatic N) is 2. The number of carbonyl (C=O) groups is 2. The molecule has 2 heterocycles. The topological polar surface area (TPSA) is 90.3 Å². The number of benzene rings is 1. The fraction of sp³-hybridized carbons (Fsp3) is 0.200. The van der Waals surface area contributed by atoms with Crippen LogP contribution in [0.5, 0.6) is 0 Å². The molecule has 0 fully saturated rings. The number of anilines is 1. The molecule has 144 valence electrons. The van der Waals surface area contributed by atoms with Crippen LogP contribution in [0.2, 0.25) is 0 Å². The highest BCUT2D eigenvalue weighted by atomic mass is 79.9. The number of rotatable bonds is 5. The number of nitrogens with one attached hydrogen (secondary N) is 1. The third kappa shape index (κ3) is 4.28. The van der Waals surface area contributed by atoms with Crippen molar-refractivity contribution in [2.24, 2.45) is 0 Å². The van der Waals surface area contributed by atoms with E-state index < -0.39 is 11.4 Å². The lowest BCUT2D eigenvalue weighted by molar-refractivity contribution is -0.116. The van der Waals surface area contributed by atoms with Crippen LogP contribution in [0.15, 0.2) is 51.9 Å². The summed E-state index contributed by atoms with van der Waals surface area (Å²) in [4.78, 5) is 41.8. The lowest BCUT2D eigenvalue weighted by atomic mass is 10.2. The Kier molecular flexibility index (Phi) is 5.89. The number of amides is 1. The molecular weight excluding hydrogens is 426 g/mol. The second kappa shape index (κ2) is 8.35. The van der Waals surface area contributed by atoms with Crippen molar-refractivity contribution in [3.05, 3.63) is 68.5 Å². The highest BCUT2D eigenvalue weighted by Crippen LogP contribution is 2.16. The van der Waals surface area contributed by atoms with E-state index in [1.807, 2.05) is 6.07 Å². The molecule has 7 nitrogen and oxygen atoms in total. The van der Waals surface area contributed by atoms with Crippen molar-refractivity contribution in [1.82, 2.24) is 9.55 Å². The smallest absolute Gasteiger partial charge is 0.343 e. The van der Waals surface area contributed by atoms with Crippen LogP contribution in [0.3, 0.4) is 0 Å². The number of pyridine rings is 2. The Bertz CT molecular complexity index is 1120. The molecule has 0 atom stereocenters. The average Bonchev–Trinajstić information content (AvgIpc) is 2.64. The van der Waals surface area contributed by atoms with Crippen LogP contribution in [-0.4, -0.2) is 28.0 Å². The van der Waals surface area contributed by atoms with Crippen molar-refractivity contribution >= 4 is 44.5 Å². The van der Waals surface area contributed by atoms with Gasteiger partial charge in [0.05, 0.1) is 12.0 Å². The molecule has 3 rings (SSSR count). The zero-order chi connectivity index (χ0) is 20.3. The summed E-state index contributed by atoms with van der Waals surface area (Å²) in [7, 11) is 0. The number of fused-ring (bicyclic) bond motifs is 1. The number of hydrogen-bond acceptors (Lipinski definition) is 5. The Balaban J connectivity index is 2.02. The van der Waals surface area contributed by atoms with E-state index in [-0.39, 0.29) is 30.0 Å². The molecule has 0 aliphatic carbocycles. The second-order valence-electron chi connectivity index (χ2n) is 6.10. The zero-order valence-corrected chi connectivity index (χ0v) is 16.9. The number of ether oxygens (including phenoxy) is 1. The van der Waals surface area contributed by atoms with E-state index in [0.717, 1.165) is 4.47 Å². The molecule has 1 amide bonds. The van der Waals surface area contributed by atoms with E-state index in [1.165, 1.54) is 10.8 Å². The van der Waals surface area contributed by atoms with Crippen LogP contribution in [0, 0.1) is 6.92 Å². The van der Waals surface area contributed by atoms with E-state index in [0.29, 0.717) is 17.0 Å². The minimum atomic E-state index is -0.726. The van der Waals surface area contributed by atoms with Gasteiger partial charge in [0.15, 0.2) is 0 Å². The number of hydrogen-bond donors (Lipinski definition) is 1. The number of carbonyl (C=O) groups excluding carboxylic acids is 2. The summed E-state index contributed by atoms with van der Waals surface area (Å²) >= 11 is 3.35. The predicted molar refractivity (Wildman–Crippen MR) is 109 cm³/mol. The summed E-state index contributed by atoms with van der Waals surface area (Å²) in [6, 6.07) is 10.5. The van der Waals surface area contributed by atoms with Gasteiger partial charge in [0.25, 0.3) is 0 Å². The van der Waals surface area contributed by atoms with E-state index >= 15 is 0 Å². The Morgan fingerprint density at radius 2 is 2.04 bits per heavy atom. The maximum Gasteiger partial charge on any atom is 0.343 e. The van der Waals surface area contributed by atoms with E-state index in [2.05, 4.69) is 26.2 Å². The molecule has 3 aromatic rings. The first kappa shape index (κ1) is 19.8. The number of esters is 1. The fourth-order valence-corrected chi connectivity index (χ4v) is 3.16. The van der Waals surface area contributed by atoms with Crippen molar-refractivity contribution in [2.75, 3.05) is 11.9 Å². The standard InChI is InChI=1S/C20H18BrN3O4/c1-3-28-20(27)16-10-24(19-15(18(16)26)8-7-12(2)22-19)11-17(25)23-14-6-4-5-13(21)9-14/h4-10H,3,11H2,1-2H3,(H,23,25). The molecule has 1 N–H and O–H groups in total. The van der Waals surface area contributed by atoms with Gasteiger partial charge in [-0.15, -0.1) is 0 Å². The van der Waals surface area contributed by atoms with Gasteiger partial charge in [-0.2, -0.15) is 0 Å². The SMILES string of the molecule is CCOC(=O)c1cn(CC(=O)Nc2cccc(Br)c2)c2nc(C)ccc2c1=O. The molecule has 0 radical (unpaired) electrons. The Morgan fingerprint density at radius 3 is 2.75 bits per heavy atom. The van der Waals surface area contributed by atoms with Gasteiger partial charge in [-0.3, -0.25) is 9.59 Å². The lowest BCUT2D eigenvalue weighted by Gasteiger charge is -2.13. The van der Waals surface area contributed by atoms with Crippen molar-refractivity contribution in [2.45, 2.75) is 20.4 Å². The molecule has 0 aliphatic heterocycles. The molecule has 0 unspecified atom stereocenters. The van der Waals surface area contributed by atoms with Crippen LogP contribution in [0.25, 0.3) is 11.0 Å². The van der Waals surface area contributed by atoms with Crippen molar-refractivity contribution in [1.29, 1.82) is 0 Å². The number of aromatic nitrogens is 2. The fourth-order valence-electron chi connectivity index (χ4n) is 2.76. The minimum absolute atomic E-state index is 0.119. The van der Waals surface area contributed by atoms with Crippen LogP contribution in [0.1, 0.15) is 23.0 Å². The first-order valence-electron chi connectivity index (χ1n) is 8.62. The van der Waals surface area contributed by atoms with Gasteiger partial charge in [0, 0.05) is 22.1 Å². The van der Waals surface area contributed by atoms with Crippen LogP contribution in [0.4, 0.5) is 5.69 Å². The molecule has 0 saturated carbocycles. The third-order valence-corrected chi connectivity index (χ3v) is 4.47. The Morgan fingerprint density at radius 1 is 1.25 bits per heavy atom. The Hall–Kier alpha value is -3.00. The number of aryl methyl sites for hydroxylation is 1. The Labute approximate surface area is 169 Å². The summed E-state index contributed by atoms with van der Waals surface area (Å²) in [6.07, 6.45) is 1.33. The van der Waals surface area contributed by atoms with Crippen LogP contribution < -0.4 is 10.7 Å². The first-order chi connectivity index (χ1) is 13.4. The summed E-state index contributed by atoms with van der Waals surface area (Å²) in [5.74, 6) is -1.04. The molecule has 1 aromatic carbocycles. The molecular formula is C20H18BrN3O4. The van der Waals surface area contributed by atoms with Gasteiger partial charge in [0.1, 0.15) is 17.8 Å². The van der Waals surface area contributed by atoms with Gasteiger partial charge in [0.2, 0.25) is 11.3 Å². The van der Waals surface area contributed by atoms with Gasteiger partial charge in [-0.05, 0) is 44.2 Å². The molecule has 0 aliphatic rings. The monoisotopic (exact) mass is 443 g/mol. The third-order valence-electron chi connectivity index (χ3n) is 3.98. The van der Waals surface area contributed by atoms with E-state index in [1.54, 1.807) is 44.2 Å². The van der Waals surface area contributed by atoms with E-state index in [4.69, 9.17) is 4.74 Å². The average molecular weight is 444 g/mol. The maximum absolute atomic E-state index is 12.7. The van der Waals surface area contributed by atoms with Crippen LogP contribution in [-0.2, 0) is 16.1 Å². The normalized spacial score (nSPS) is 10.7. The second-order valence-corrected chi connectivity index (χ2v) is 7.02. The summed E-state index contributed by atoms with van der Waals surface area (Å²) < 4.78 is 7.30. The highest BCUT2D eigenvalue weighted by Gasteiger charge is 2.18. The molecule has 0 saturated heterocycles. The van der Waals surface area contributed by atoms with Gasteiger partial charge in [-0.1, -0.05) is 22.0 Å². The predicted octanol–water partition coefficient (Wildman–Crippen LogP) is 3.28. The molecule has 0 bridgehead atoms. The van der Waals surface area contributed by atoms with Crippen molar-refractivity contribution < 1.29 is 14.3 Å². The molecule has 0 spiro atoms. The van der Waals surface area contributed by atoms with Crippen molar-refractivity contribution in [3.8, 4) is 0 Å². The lowest BCUT2D eigenvalue weighted by Crippen LogP contribution is -2.25. The van der Waals surface area contributed by atoms with Gasteiger partial charge >= 0.3 is 5.97 Å². The first-order valence-corrected chi connectivity index (χ1v) is 9.41. The highest BCUT2D eigenvalue weighted by molar-refractivity contribution is 9.10. The summed E-state index contributed by atoms with van der Waals surface area (Å²) in [5.41, 5.74) is 1.05. The summed E-state index contributed by atoms with van der Waals surface area (Å²) in [5, 5.41) is 3.04. The molecule has 8 heteroatoms. The maximum atomic E-state index is 12.7. The largest absolute Gasteiger partial charge is 0.462 e. The number of halogens is 1.